The molecule has 1 N–H and O–H groups in total. The summed E-state index contributed by atoms with van der Waals surface area (Å²) in [4.78, 5) is 16.1. The topological polar surface area (TPSA) is 64.4 Å². The lowest BCUT2D eigenvalue weighted by molar-refractivity contribution is 0.0601. The second-order valence-electron chi connectivity index (χ2n) is 7.54. The van der Waals surface area contributed by atoms with E-state index in [2.05, 4.69) is 23.3 Å². The van der Waals surface area contributed by atoms with Gasteiger partial charge in [0, 0.05) is 22.8 Å². The summed E-state index contributed by atoms with van der Waals surface area (Å²) in [7, 11) is 1.39. The summed E-state index contributed by atoms with van der Waals surface area (Å²) in [5.41, 5.74) is 3.36. The third kappa shape index (κ3) is 3.61. The van der Waals surface area contributed by atoms with Gasteiger partial charge in [0.2, 0.25) is 5.71 Å². The van der Waals surface area contributed by atoms with Crippen molar-refractivity contribution < 1.29 is 13.9 Å². The molecule has 3 aromatic rings. The minimum absolute atomic E-state index is 0.0819. The van der Waals surface area contributed by atoms with Gasteiger partial charge < -0.3 is 14.5 Å². The molecule has 5 heteroatoms. The van der Waals surface area contributed by atoms with E-state index in [1.807, 2.05) is 18.2 Å². The van der Waals surface area contributed by atoms with Crippen molar-refractivity contribution in [2.45, 2.75) is 45.1 Å². The second kappa shape index (κ2) is 8.05. The Kier molecular flexibility index (Phi) is 5.33. The molecule has 1 aliphatic rings. The first-order chi connectivity index (χ1) is 13.7. The molecular weight excluding hydrogens is 352 g/mol. The zero-order valence-electron chi connectivity index (χ0n) is 16.4. The van der Waals surface area contributed by atoms with E-state index in [-0.39, 0.29) is 12.0 Å². The summed E-state index contributed by atoms with van der Waals surface area (Å²) in [6.45, 7) is 2.11. The number of benzene rings is 1. The number of pyridine rings is 1. The van der Waals surface area contributed by atoms with Crippen LogP contribution in [0.4, 0.5) is 5.69 Å². The molecule has 28 heavy (non-hydrogen) atoms. The maximum absolute atomic E-state index is 11.7. The monoisotopic (exact) mass is 378 g/mol. The largest absolute Gasteiger partial charge is 0.465 e. The summed E-state index contributed by atoms with van der Waals surface area (Å²) in [5, 5.41) is 4.75. The number of aryl methyl sites for hydroxylation is 1. The zero-order chi connectivity index (χ0) is 19.5. The van der Waals surface area contributed by atoms with E-state index >= 15 is 0 Å². The van der Waals surface area contributed by atoms with E-state index in [4.69, 9.17) is 9.15 Å². The van der Waals surface area contributed by atoms with Gasteiger partial charge in [-0.25, -0.2) is 9.78 Å². The molecule has 1 aromatic carbocycles. The van der Waals surface area contributed by atoms with Gasteiger partial charge in [-0.05, 0) is 62.1 Å². The third-order valence-electron chi connectivity index (χ3n) is 5.78. The van der Waals surface area contributed by atoms with Crippen molar-refractivity contribution in [1.82, 2.24) is 4.98 Å². The van der Waals surface area contributed by atoms with E-state index in [0.29, 0.717) is 17.2 Å². The number of aromatic nitrogens is 1. The van der Waals surface area contributed by atoms with Crippen LogP contribution in [0.2, 0.25) is 0 Å². The van der Waals surface area contributed by atoms with Crippen LogP contribution >= 0.6 is 0 Å². The van der Waals surface area contributed by atoms with Crippen molar-refractivity contribution in [2.75, 3.05) is 12.4 Å². The van der Waals surface area contributed by atoms with Gasteiger partial charge >= 0.3 is 5.97 Å². The fourth-order valence-corrected chi connectivity index (χ4v) is 4.23. The third-order valence-corrected chi connectivity index (χ3v) is 5.78. The highest BCUT2D eigenvalue weighted by Crippen LogP contribution is 2.40. The molecular formula is C23H26N2O3. The lowest BCUT2D eigenvalue weighted by Gasteiger charge is -2.31. The lowest BCUT2D eigenvalue weighted by atomic mass is 9.82. The maximum Gasteiger partial charge on any atom is 0.337 e. The first kappa shape index (κ1) is 18.5. The summed E-state index contributed by atoms with van der Waals surface area (Å²) in [6, 6.07) is 11.5. The number of anilines is 1. The molecule has 2 aromatic heterocycles. The molecule has 2 heterocycles. The summed E-state index contributed by atoms with van der Waals surface area (Å²) >= 11 is 0. The first-order valence-electron chi connectivity index (χ1n) is 9.96. The summed E-state index contributed by atoms with van der Waals surface area (Å²) in [5.74, 6) is 1.15. The van der Waals surface area contributed by atoms with E-state index in [9.17, 15) is 4.79 Å². The molecule has 4 rings (SSSR count). The quantitative estimate of drug-likeness (QED) is 0.581. The van der Waals surface area contributed by atoms with Gasteiger partial charge in [0.25, 0.3) is 0 Å². The molecule has 1 unspecified atom stereocenters. The predicted molar refractivity (Wildman–Crippen MR) is 109 cm³/mol. The van der Waals surface area contributed by atoms with Crippen LogP contribution in [0.15, 0.2) is 47.0 Å². The highest BCUT2D eigenvalue weighted by Gasteiger charge is 2.30. The Morgan fingerprint density at radius 2 is 1.93 bits per heavy atom. The van der Waals surface area contributed by atoms with Crippen LogP contribution in [0, 0.1) is 12.8 Å². The molecule has 1 aliphatic carbocycles. The standard InChI is InChI=1S/C23H26N2O3/c1-15-19-9-6-14-24-22(19)28-21(15)20(16-7-4-3-5-8-16)25-18-12-10-17(11-13-18)23(26)27-2/h6,9-14,16,20,25H,3-5,7-8H2,1-2H3. The van der Waals surface area contributed by atoms with Gasteiger partial charge in [-0.2, -0.15) is 0 Å². The molecule has 0 bridgehead atoms. The van der Waals surface area contributed by atoms with Gasteiger partial charge in [-0.3, -0.25) is 0 Å². The number of nitrogens with one attached hydrogen (secondary N) is 1. The van der Waals surface area contributed by atoms with Crippen molar-refractivity contribution in [3.05, 3.63) is 59.5 Å². The number of fused-ring (bicyclic) bond motifs is 1. The number of carbonyl (C=O) groups excluding carboxylic acids is 1. The van der Waals surface area contributed by atoms with Crippen molar-refractivity contribution in [3.8, 4) is 0 Å². The average molecular weight is 378 g/mol. The number of ether oxygens (including phenoxy) is 1. The minimum atomic E-state index is -0.324. The van der Waals surface area contributed by atoms with Crippen LogP contribution in [0.1, 0.15) is 59.8 Å². The molecule has 1 saturated carbocycles. The Labute approximate surface area is 165 Å². The number of rotatable bonds is 5. The predicted octanol–water partition coefficient (Wildman–Crippen LogP) is 5.66. The molecule has 0 spiro atoms. The minimum Gasteiger partial charge on any atom is -0.465 e. The van der Waals surface area contributed by atoms with Crippen LogP contribution in [0.5, 0.6) is 0 Å². The van der Waals surface area contributed by atoms with Crippen LogP contribution in [-0.2, 0) is 4.74 Å². The fraction of sp³-hybridized carbons (Fsp3) is 0.391. The Morgan fingerprint density at radius 1 is 1.18 bits per heavy atom. The van der Waals surface area contributed by atoms with Gasteiger partial charge in [0.1, 0.15) is 5.76 Å². The van der Waals surface area contributed by atoms with E-state index < -0.39 is 0 Å². The van der Waals surface area contributed by atoms with Gasteiger partial charge in [0.05, 0.1) is 18.7 Å². The van der Waals surface area contributed by atoms with Crippen molar-refractivity contribution in [2.24, 2.45) is 5.92 Å². The Hall–Kier alpha value is -2.82. The molecule has 0 aliphatic heterocycles. The molecule has 0 radical (unpaired) electrons. The Balaban J connectivity index is 1.67. The molecule has 146 valence electrons. The van der Waals surface area contributed by atoms with Crippen LogP contribution in [0.3, 0.4) is 0 Å². The van der Waals surface area contributed by atoms with Crippen LogP contribution in [-0.4, -0.2) is 18.1 Å². The molecule has 1 atom stereocenters. The van der Waals surface area contributed by atoms with E-state index in [1.165, 1.54) is 39.2 Å². The number of carbonyl (C=O) groups is 1. The van der Waals surface area contributed by atoms with Crippen molar-refractivity contribution in [1.29, 1.82) is 0 Å². The first-order valence-corrected chi connectivity index (χ1v) is 9.96. The van der Waals surface area contributed by atoms with E-state index in [0.717, 1.165) is 22.4 Å². The number of methoxy groups -OCH3 is 1. The van der Waals surface area contributed by atoms with Crippen LogP contribution in [0.25, 0.3) is 11.1 Å². The fourth-order valence-electron chi connectivity index (χ4n) is 4.23. The van der Waals surface area contributed by atoms with Gasteiger partial charge in [-0.1, -0.05) is 19.3 Å². The average Bonchev–Trinajstić information content (AvgIpc) is 3.09. The maximum atomic E-state index is 11.7. The normalized spacial score (nSPS) is 16.1. The highest BCUT2D eigenvalue weighted by atomic mass is 16.5. The lowest BCUT2D eigenvalue weighted by Crippen LogP contribution is -2.23. The number of nitrogens with zero attached hydrogens (tertiary/aromatic N) is 1. The zero-order valence-corrected chi connectivity index (χ0v) is 16.4. The smallest absolute Gasteiger partial charge is 0.337 e. The SMILES string of the molecule is COC(=O)c1ccc(NC(c2oc3ncccc3c2C)C2CCCCC2)cc1. The van der Waals surface area contributed by atoms with E-state index in [1.54, 1.807) is 18.3 Å². The number of esters is 1. The number of hydrogen-bond donors (Lipinski definition) is 1. The Bertz CT molecular complexity index is 956. The number of furan rings is 1. The molecule has 5 nitrogen and oxygen atoms in total. The second-order valence-corrected chi connectivity index (χ2v) is 7.54. The van der Waals surface area contributed by atoms with Crippen LogP contribution < -0.4 is 5.32 Å². The molecule has 0 amide bonds. The Morgan fingerprint density at radius 3 is 2.61 bits per heavy atom. The molecule has 1 fully saturated rings. The van der Waals surface area contributed by atoms with Gasteiger partial charge in [0.15, 0.2) is 0 Å². The number of hydrogen-bond acceptors (Lipinski definition) is 5. The summed E-state index contributed by atoms with van der Waals surface area (Å²) in [6.07, 6.45) is 7.94. The van der Waals surface area contributed by atoms with Gasteiger partial charge in [-0.15, -0.1) is 0 Å². The van der Waals surface area contributed by atoms with Crippen molar-refractivity contribution in [3.63, 3.8) is 0 Å². The molecule has 0 saturated heterocycles. The van der Waals surface area contributed by atoms with Crippen molar-refractivity contribution >= 4 is 22.8 Å². The highest BCUT2D eigenvalue weighted by molar-refractivity contribution is 5.89. The summed E-state index contributed by atoms with van der Waals surface area (Å²) < 4.78 is 11.0.